The average Bonchev–Trinajstić information content (AvgIpc) is 3.12. The fourth-order valence-electron chi connectivity index (χ4n) is 4.27. The van der Waals surface area contributed by atoms with E-state index in [9.17, 15) is 9.90 Å². The van der Waals surface area contributed by atoms with Gasteiger partial charge < -0.3 is 19.9 Å². The number of hydrogen-bond acceptors (Lipinski definition) is 5. The Kier molecular flexibility index (Phi) is 7.00. The monoisotopic (exact) mass is 451 g/mol. The molecule has 0 radical (unpaired) electrons. The van der Waals surface area contributed by atoms with Gasteiger partial charge in [-0.05, 0) is 62.8 Å². The Labute approximate surface area is 194 Å². The molecule has 1 aliphatic carbocycles. The smallest absolute Gasteiger partial charge is 0.263 e. The summed E-state index contributed by atoms with van der Waals surface area (Å²) in [6, 6.07) is 16.2. The van der Waals surface area contributed by atoms with Crippen LogP contribution in [0.1, 0.15) is 50.7 Å². The lowest BCUT2D eigenvalue weighted by molar-refractivity contribution is -0.135. The molecule has 3 aromatic rings. The van der Waals surface area contributed by atoms with Crippen molar-refractivity contribution < 1.29 is 19.4 Å². The van der Waals surface area contributed by atoms with Gasteiger partial charge in [-0.15, -0.1) is 5.10 Å². The highest BCUT2D eigenvalue weighted by Crippen LogP contribution is 2.30. The predicted molar refractivity (Wildman–Crippen MR) is 127 cm³/mol. The summed E-state index contributed by atoms with van der Waals surface area (Å²) in [7, 11) is 1.66. The van der Waals surface area contributed by atoms with Crippen LogP contribution in [0.5, 0.6) is 5.88 Å². The average molecular weight is 452 g/mol. The number of aliphatic hydroxyl groups is 1. The molecule has 1 saturated carbocycles. The number of benzene rings is 2. The fraction of sp³-hybridized carbons (Fsp3) is 0.462. The van der Waals surface area contributed by atoms with Crippen LogP contribution in [-0.2, 0) is 22.7 Å². The zero-order valence-electron chi connectivity index (χ0n) is 19.6. The molecule has 0 bridgehead atoms. The lowest BCUT2D eigenvalue weighted by Gasteiger charge is -2.30. The van der Waals surface area contributed by atoms with Crippen molar-refractivity contribution in [1.29, 1.82) is 0 Å². The van der Waals surface area contributed by atoms with E-state index in [4.69, 9.17) is 14.6 Å². The van der Waals surface area contributed by atoms with E-state index >= 15 is 0 Å². The first-order valence-corrected chi connectivity index (χ1v) is 11.6. The van der Waals surface area contributed by atoms with Crippen molar-refractivity contribution >= 4 is 16.8 Å². The van der Waals surface area contributed by atoms with E-state index < -0.39 is 5.60 Å². The number of ether oxygens (including phenoxy) is 2. The third kappa shape index (κ3) is 5.54. The van der Waals surface area contributed by atoms with E-state index in [0.29, 0.717) is 31.9 Å². The second kappa shape index (κ2) is 9.93. The molecule has 0 spiro atoms. The van der Waals surface area contributed by atoms with Gasteiger partial charge in [-0.25, -0.2) is 0 Å². The van der Waals surface area contributed by atoms with Gasteiger partial charge in [0.05, 0.1) is 30.2 Å². The summed E-state index contributed by atoms with van der Waals surface area (Å²) in [6.07, 6.45) is 2.71. The number of nitrogens with one attached hydrogen (secondary N) is 1. The molecule has 33 heavy (non-hydrogen) atoms. The first-order valence-electron chi connectivity index (χ1n) is 11.6. The molecule has 2 N–H and O–H groups in total. The molecular formula is C26H33N3O4. The number of nitrogens with zero attached hydrogens (tertiary/aromatic N) is 2. The Bertz CT molecular complexity index is 1090. The number of aromatic nitrogens is 2. The quantitative estimate of drug-likeness (QED) is 0.544. The Hall–Kier alpha value is -2.90. The first-order chi connectivity index (χ1) is 15.9. The summed E-state index contributed by atoms with van der Waals surface area (Å²) in [5.41, 5.74) is 1.97. The van der Waals surface area contributed by atoms with Crippen LogP contribution in [0.2, 0.25) is 0 Å². The van der Waals surface area contributed by atoms with Gasteiger partial charge in [-0.2, -0.15) is 0 Å². The minimum Gasteiger partial charge on any atom is -0.460 e. The van der Waals surface area contributed by atoms with Gasteiger partial charge in [0.25, 0.3) is 5.91 Å². The van der Waals surface area contributed by atoms with Crippen molar-refractivity contribution in [3.63, 3.8) is 0 Å². The normalized spacial score (nSPS) is 18.9. The van der Waals surface area contributed by atoms with E-state index in [0.717, 1.165) is 34.9 Å². The molecular weight excluding hydrogens is 418 g/mol. The van der Waals surface area contributed by atoms with Gasteiger partial charge in [0.1, 0.15) is 0 Å². The lowest BCUT2D eigenvalue weighted by Crippen LogP contribution is -2.51. The highest BCUT2D eigenvalue weighted by atomic mass is 16.5. The maximum atomic E-state index is 13.1. The van der Waals surface area contributed by atoms with Crippen molar-refractivity contribution in [2.24, 2.45) is 0 Å². The van der Waals surface area contributed by atoms with Gasteiger partial charge in [0.15, 0.2) is 5.60 Å². The molecule has 0 saturated heterocycles. The Balaban J connectivity index is 1.59. The number of carbonyl (C=O) groups is 1. The maximum absolute atomic E-state index is 13.1. The van der Waals surface area contributed by atoms with Crippen LogP contribution in [-0.4, -0.2) is 45.7 Å². The number of fused-ring (bicyclic) bond motifs is 1. The third-order valence-electron chi connectivity index (χ3n) is 6.20. The zero-order valence-corrected chi connectivity index (χ0v) is 19.6. The standard InChI is InChI=1S/C26H33N3O4/c1-26(2,25(31)27-20-10-12-21(30)13-11-20)33-24-22-15-19(17-32-3)9-14-23(22)29(28-24)16-18-7-5-4-6-8-18/h4-9,14-15,20-21,30H,10-13,16-17H2,1-3H3,(H,27,31). The Morgan fingerprint density at radius 1 is 1.12 bits per heavy atom. The Morgan fingerprint density at radius 2 is 1.85 bits per heavy atom. The topological polar surface area (TPSA) is 85.6 Å². The minimum absolute atomic E-state index is 0.0597. The minimum atomic E-state index is -1.10. The van der Waals surface area contributed by atoms with Crippen LogP contribution in [0.25, 0.3) is 10.9 Å². The molecule has 4 rings (SSSR count). The zero-order chi connectivity index (χ0) is 23.4. The number of aliphatic hydroxyl groups excluding tert-OH is 1. The molecule has 0 atom stereocenters. The summed E-state index contributed by atoms with van der Waals surface area (Å²) >= 11 is 0. The van der Waals surface area contributed by atoms with E-state index in [1.807, 2.05) is 41.1 Å². The van der Waals surface area contributed by atoms with Gasteiger partial charge in [-0.3, -0.25) is 9.48 Å². The van der Waals surface area contributed by atoms with Crippen molar-refractivity contribution in [3.05, 3.63) is 59.7 Å². The number of rotatable bonds is 8. The highest BCUT2D eigenvalue weighted by molar-refractivity contribution is 5.88. The summed E-state index contributed by atoms with van der Waals surface area (Å²) in [5.74, 6) is 0.251. The van der Waals surface area contributed by atoms with Crippen LogP contribution >= 0.6 is 0 Å². The maximum Gasteiger partial charge on any atom is 0.263 e. The molecule has 1 fully saturated rings. The SMILES string of the molecule is COCc1ccc2c(c1)c(OC(C)(C)C(=O)NC1CCC(O)CC1)nn2Cc1ccccc1. The van der Waals surface area contributed by atoms with Crippen LogP contribution in [0, 0.1) is 0 Å². The van der Waals surface area contributed by atoms with E-state index in [1.54, 1.807) is 21.0 Å². The molecule has 176 valence electrons. The van der Waals surface area contributed by atoms with Gasteiger partial charge in [-0.1, -0.05) is 36.4 Å². The summed E-state index contributed by atoms with van der Waals surface area (Å²) in [6.45, 7) is 4.61. The molecule has 7 nitrogen and oxygen atoms in total. The number of carbonyl (C=O) groups excluding carboxylic acids is 1. The molecule has 0 unspecified atom stereocenters. The van der Waals surface area contributed by atoms with Crippen LogP contribution in [0.15, 0.2) is 48.5 Å². The number of methoxy groups -OCH3 is 1. The van der Waals surface area contributed by atoms with Crippen molar-refractivity contribution in [3.8, 4) is 5.88 Å². The molecule has 0 aliphatic heterocycles. The highest BCUT2D eigenvalue weighted by Gasteiger charge is 2.34. The van der Waals surface area contributed by atoms with Crippen LogP contribution < -0.4 is 10.1 Å². The third-order valence-corrected chi connectivity index (χ3v) is 6.20. The second-order valence-corrected chi connectivity index (χ2v) is 9.32. The summed E-state index contributed by atoms with van der Waals surface area (Å²) < 4.78 is 13.5. The van der Waals surface area contributed by atoms with Crippen LogP contribution in [0.3, 0.4) is 0 Å². The van der Waals surface area contributed by atoms with Crippen molar-refractivity contribution in [1.82, 2.24) is 15.1 Å². The van der Waals surface area contributed by atoms with Gasteiger partial charge in [0.2, 0.25) is 5.88 Å². The summed E-state index contributed by atoms with van der Waals surface area (Å²) in [5, 5.41) is 18.4. The number of hydrogen-bond donors (Lipinski definition) is 2. The van der Waals surface area contributed by atoms with Crippen molar-refractivity contribution in [2.75, 3.05) is 7.11 Å². The van der Waals surface area contributed by atoms with E-state index in [2.05, 4.69) is 17.4 Å². The fourth-order valence-corrected chi connectivity index (χ4v) is 4.27. The van der Waals surface area contributed by atoms with E-state index in [1.165, 1.54) is 0 Å². The van der Waals surface area contributed by atoms with Gasteiger partial charge in [0, 0.05) is 13.2 Å². The molecule has 1 aliphatic rings. The predicted octanol–water partition coefficient (Wildman–Crippen LogP) is 3.81. The molecule has 7 heteroatoms. The Morgan fingerprint density at radius 3 is 2.55 bits per heavy atom. The molecule has 1 heterocycles. The lowest BCUT2D eigenvalue weighted by atomic mass is 9.92. The second-order valence-electron chi connectivity index (χ2n) is 9.32. The summed E-state index contributed by atoms with van der Waals surface area (Å²) in [4.78, 5) is 13.1. The molecule has 1 aromatic heterocycles. The van der Waals surface area contributed by atoms with Crippen LogP contribution in [0.4, 0.5) is 0 Å². The number of amides is 1. The van der Waals surface area contributed by atoms with Gasteiger partial charge >= 0.3 is 0 Å². The molecule has 1 amide bonds. The first kappa shape index (κ1) is 23.3. The van der Waals surface area contributed by atoms with Crippen molar-refractivity contribution in [2.45, 2.75) is 70.4 Å². The molecule has 2 aromatic carbocycles. The largest absolute Gasteiger partial charge is 0.460 e. The van der Waals surface area contributed by atoms with E-state index in [-0.39, 0.29) is 18.1 Å².